The molecule has 2 atom stereocenters. The van der Waals surface area contributed by atoms with Crippen LogP contribution in [-0.2, 0) is 11.2 Å². The first-order valence-corrected chi connectivity index (χ1v) is 8.33. The van der Waals surface area contributed by atoms with Crippen molar-refractivity contribution in [3.63, 3.8) is 0 Å². The van der Waals surface area contributed by atoms with Crippen molar-refractivity contribution in [3.8, 4) is 5.75 Å². The summed E-state index contributed by atoms with van der Waals surface area (Å²) in [5, 5.41) is 3.60. The van der Waals surface area contributed by atoms with Crippen LogP contribution in [-0.4, -0.2) is 26.4 Å². The van der Waals surface area contributed by atoms with E-state index in [0.29, 0.717) is 6.04 Å². The second kappa shape index (κ2) is 6.80. The molecule has 3 rings (SSSR count). The van der Waals surface area contributed by atoms with Crippen LogP contribution in [0.1, 0.15) is 49.8 Å². The summed E-state index contributed by atoms with van der Waals surface area (Å²) < 4.78 is 11.7. The zero-order chi connectivity index (χ0) is 14.7. The average Bonchev–Trinajstić information content (AvgIpc) is 3.13. The first-order valence-electron chi connectivity index (χ1n) is 8.33. The number of hydrogen-bond donors (Lipinski definition) is 1. The largest absolute Gasteiger partial charge is 0.497 e. The first kappa shape index (κ1) is 14.9. The second-order valence-corrected chi connectivity index (χ2v) is 6.33. The van der Waals surface area contributed by atoms with Gasteiger partial charge in [-0.1, -0.05) is 25.8 Å². The second-order valence-electron chi connectivity index (χ2n) is 6.33. The molecule has 1 saturated carbocycles. The molecule has 2 aliphatic carbocycles. The first-order chi connectivity index (χ1) is 10.3. The number of methoxy groups -OCH3 is 1. The van der Waals surface area contributed by atoms with Gasteiger partial charge in [-0.05, 0) is 48.6 Å². The van der Waals surface area contributed by atoms with Gasteiger partial charge in [0.1, 0.15) is 5.75 Å². The van der Waals surface area contributed by atoms with Crippen LogP contribution in [0.25, 0.3) is 0 Å². The minimum atomic E-state index is 0.271. The number of hydrogen-bond acceptors (Lipinski definition) is 3. The van der Waals surface area contributed by atoms with E-state index in [0.717, 1.165) is 31.2 Å². The Morgan fingerprint density at radius 3 is 2.76 bits per heavy atom. The molecule has 116 valence electrons. The van der Waals surface area contributed by atoms with Crippen molar-refractivity contribution in [3.05, 3.63) is 29.3 Å². The van der Waals surface area contributed by atoms with Crippen LogP contribution in [0.3, 0.4) is 0 Å². The number of rotatable bonds is 6. The number of fused-ring (bicyclic) bond motifs is 1. The van der Waals surface area contributed by atoms with E-state index in [-0.39, 0.29) is 6.10 Å². The molecule has 0 radical (unpaired) electrons. The van der Waals surface area contributed by atoms with E-state index in [1.807, 2.05) is 0 Å². The highest BCUT2D eigenvalue weighted by molar-refractivity contribution is 5.42. The van der Waals surface area contributed by atoms with Crippen molar-refractivity contribution in [2.24, 2.45) is 5.92 Å². The predicted molar refractivity (Wildman–Crippen MR) is 84.8 cm³/mol. The van der Waals surface area contributed by atoms with Crippen LogP contribution >= 0.6 is 0 Å². The third kappa shape index (κ3) is 3.24. The molecular weight excluding hydrogens is 262 g/mol. The van der Waals surface area contributed by atoms with Gasteiger partial charge in [0.05, 0.1) is 19.3 Å². The highest BCUT2D eigenvalue weighted by atomic mass is 16.5. The molecule has 1 aromatic rings. The van der Waals surface area contributed by atoms with Gasteiger partial charge >= 0.3 is 0 Å². The maximum atomic E-state index is 6.30. The van der Waals surface area contributed by atoms with Gasteiger partial charge < -0.3 is 14.8 Å². The minimum absolute atomic E-state index is 0.271. The smallest absolute Gasteiger partial charge is 0.119 e. The lowest BCUT2D eigenvalue weighted by atomic mass is 10.1. The molecule has 0 aliphatic heterocycles. The quantitative estimate of drug-likeness (QED) is 0.869. The van der Waals surface area contributed by atoms with Gasteiger partial charge in [0.2, 0.25) is 0 Å². The Morgan fingerprint density at radius 2 is 2.05 bits per heavy atom. The average molecular weight is 289 g/mol. The van der Waals surface area contributed by atoms with Crippen molar-refractivity contribution < 1.29 is 9.47 Å². The summed E-state index contributed by atoms with van der Waals surface area (Å²) in [5.74, 6) is 1.72. The van der Waals surface area contributed by atoms with Gasteiger partial charge in [-0.3, -0.25) is 0 Å². The Hall–Kier alpha value is -1.06. The van der Waals surface area contributed by atoms with Gasteiger partial charge in [0, 0.05) is 13.0 Å². The van der Waals surface area contributed by atoms with Gasteiger partial charge in [-0.15, -0.1) is 0 Å². The van der Waals surface area contributed by atoms with Crippen molar-refractivity contribution in [2.45, 2.75) is 51.2 Å². The van der Waals surface area contributed by atoms with Crippen LogP contribution in [0.15, 0.2) is 18.2 Å². The summed E-state index contributed by atoms with van der Waals surface area (Å²) in [6.45, 7) is 4.05. The number of likely N-dealkylation sites (N-methyl/N-ethyl adjacent to an activating group) is 1. The Labute approximate surface area is 128 Å². The molecule has 0 aromatic heterocycles. The molecule has 2 aliphatic rings. The van der Waals surface area contributed by atoms with Gasteiger partial charge in [0.25, 0.3) is 0 Å². The lowest BCUT2D eigenvalue weighted by molar-refractivity contribution is 0.0146. The fourth-order valence-electron chi connectivity index (χ4n) is 3.76. The van der Waals surface area contributed by atoms with E-state index in [1.165, 1.54) is 36.8 Å². The molecule has 0 saturated heterocycles. The molecule has 3 nitrogen and oxygen atoms in total. The van der Waals surface area contributed by atoms with Gasteiger partial charge in [-0.2, -0.15) is 0 Å². The Kier molecular flexibility index (Phi) is 4.81. The molecule has 1 fully saturated rings. The zero-order valence-electron chi connectivity index (χ0n) is 13.2. The fourth-order valence-corrected chi connectivity index (χ4v) is 3.76. The van der Waals surface area contributed by atoms with Crippen molar-refractivity contribution in [1.82, 2.24) is 5.32 Å². The van der Waals surface area contributed by atoms with Crippen molar-refractivity contribution >= 4 is 0 Å². The third-order valence-corrected chi connectivity index (χ3v) is 4.93. The maximum absolute atomic E-state index is 6.30. The predicted octanol–water partition coefficient (Wildman–Crippen LogP) is 3.48. The molecule has 0 heterocycles. The van der Waals surface area contributed by atoms with Crippen molar-refractivity contribution in [2.75, 3.05) is 20.3 Å². The molecule has 1 aromatic carbocycles. The SMILES string of the molecule is CCNC1c2cc(OC)ccc2CC1OCC1CCCC1. The van der Waals surface area contributed by atoms with Crippen LogP contribution in [0.5, 0.6) is 5.75 Å². The highest BCUT2D eigenvalue weighted by Gasteiger charge is 2.33. The molecule has 0 spiro atoms. The molecule has 0 amide bonds. The van der Waals surface area contributed by atoms with Crippen LogP contribution in [0.4, 0.5) is 0 Å². The van der Waals surface area contributed by atoms with Crippen molar-refractivity contribution in [1.29, 1.82) is 0 Å². The summed E-state index contributed by atoms with van der Waals surface area (Å²) in [5.41, 5.74) is 2.76. The van der Waals surface area contributed by atoms with Crippen LogP contribution < -0.4 is 10.1 Å². The van der Waals surface area contributed by atoms with E-state index >= 15 is 0 Å². The Morgan fingerprint density at radius 1 is 1.24 bits per heavy atom. The van der Waals surface area contributed by atoms with E-state index in [4.69, 9.17) is 9.47 Å². The minimum Gasteiger partial charge on any atom is -0.497 e. The maximum Gasteiger partial charge on any atom is 0.119 e. The summed E-state index contributed by atoms with van der Waals surface area (Å²) >= 11 is 0. The molecule has 21 heavy (non-hydrogen) atoms. The highest BCUT2D eigenvalue weighted by Crippen LogP contribution is 2.36. The monoisotopic (exact) mass is 289 g/mol. The molecule has 2 unspecified atom stereocenters. The number of nitrogens with one attached hydrogen (secondary N) is 1. The molecule has 1 N–H and O–H groups in total. The molecular formula is C18H27NO2. The normalized spacial score (nSPS) is 25.2. The summed E-state index contributed by atoms with van der Waals surface area (Å²) in [6, 6.07) is 6.72. The Balaban J connectivity index is 1.69. The Bertz CT molecular complexity index is 468. The summed E-state index contributed by atoms with van der Waals surface area (Å²) in [4.78, 5) is 0. The topological polar surface area (TPSA) is 30.5 Å². The zero-order valence-corrected chi connectivity index (χ0v) is 13.2. The lowest BCUT2D eigenvalue weighted by Gasteiger charge is -2.23. The number of benzene rings is 1. The lowest BCUT2D eigenvalue weighted by Crippen LogP contribution is -2.31. The van der Waals surface area contributed by atoms with Gasteiger partial charge in [0.15, 0.2) is 0 Å². The van der Waals surface area contributed by atoms with Crippen LogP contribution in [0, 0.1) is 5.92 Å². The third-order valence-electron chi connectivity index (χ3n) is 4.93. The standard InChI is InChI=1S/C18H27NO2/c1-3-19-18-16-11-15(20-2)9-8-14(16)10-17(18)21-12-13-6-4-5-7-13/h8-9,11,13,17-19H,3-7,10,12H2,1-2H3. The molecule has 3 heteroatoms. The van der Waals surface area contributed by atoms with E-state index < -0.39 is 0 Å². The van der Waals surface area contributed by atoms with Gasteiger partial charge in [-0.25, -0.2) is 0 Å². The molecule has 0 bridgehead atoms. The summed E-state index contributed by atoms with van der Waals surface area (Å²) in [7, 11) is 1.73. The van der Waals surface area contributed by atoms with E-state index in [2.05, 4.69) is 30.4 Å². The van der Waals surface area contributed by atoms with E-state index in [1.54, 1.807) is 7.11 Å². The number of ether oxygens (including phenoxy) is 2. The fraction of sp³-hybridized carbons (Fsp3) is 0.667. The summed E-state index contributed by atoms with van der Waals surface area (Å²) in [6.07, 6.45) is 6.75. The van der Waals surface area contributed by atoms with E-state index in [9.17, 15) is 0 Å². The van der Waals surface area contributed by atoms with Crippen LogP contribution in [0.2, 0.25) is 0 Å².